The zero-order chi connectivity index (χ0) is 17.0. The molecule has 0 fully saturated rings. The van der Waals surface area contributed by atoms with Crippen LogP contribution in [0, 0.1) is 11.3 Å². The second-order valence-corrected chi connectivity index (χ2v) is 6.26. The molecular weight excluding hydrogens is 300 g/mol. The van der Waals surface area contributed by atoms with E-state index in [-0.39, 0.29) is 18.9 Å². The molecule has 1 N–H and O–H groups in total. The Hall–Kier alpha value is -2.64. The predicted octanol–water partition coefficient (Wildman–Crippen LogP) is 2.76. The molecule has 0 heterocycles. The summed E-state index contributed by atoms with van der Waals surface area (Å²) in [4.78, 5) is 14.0. The zero-order valence-corrected chi connectivity index (χ0v) is 13.5. The number of carbonyl (C=O) groups is 1. The number of rotatable bonds is 5. The van der Waals surface area contributed by atoms with Gasteiger partial charge >= 0.3 is 0 Å². The second-order valence-electron chi connectivity index (χ2n) is 6.26. The van der Waals surface area contributed by atoms with Crippen LogP contribution in [0.2, 0.25) is 0 Å². The van der Waals surface area contributed by atoms with Gasteiger partial charge in [0.25, 0.3) is 0 Å². The first-order valence-electron chi connectivity index (χ1n) is 8.12. The Balaban J connectivity index is 1.84. The average Bonchev–Trinajstić information content (AvgIpc) is 2.93. The van der Waals surface area contributed by atoms with Gasteiger partial charge in [0.1, 0.15) is 12.0 Å². The monoisotopic (exact) mass is 320 g/mol. The molecule has 4 heteroatoms. The van der Waals surface area contributed by atoms with Gasteiger partial charge in [-0.2, -0.15) is 5.26 Å². The SMILES string of the molecule is N#CCC(=O)N(Cc1ccccc1)C[C@@]1(O)CCc2ccccc21. The maximum atomic E-state index is 12.4. The lowest BCUT2D eigenvalue weighted by atomic mass is 9.95. The van der Waals surface area contributed by atoms with Crippen molar-refractivity contribution in [2.24, 2.45) is 0 Å². The standard InChI is InChI=1S/C20H20N2O2/c21-13-11-19(23)22(14-16-6-2-1-3-7-16)15-20(24)12-10-17-8-4-5-9-18(17)20/h1-9,24H,10-12,14-15H2/t20-/m0/s1. The van der Waals surface area contributed by atoms with Gasteiger partial charge in [-0.15, -0.1) is 0 Å². The molecule has 0 saturated carbocycles. The number of aryl methyl sites for hydroxylation is 1. The lowest BCUT2D eigenvalue weighted by molar-refractivity contribution is -0.135. The lowest BCUT2D eigenvalue weighted by Crippen LogP contribution is -2.42. The molecule has 0 spiro atoms. The van der Waals surface area contributed by atoms with E-state index in [1.807, 2.05) is 60.7 Å². The summed E-state index contributed by atoms with van der Waals surface area (Å²) in [5.74, 6) is -0.251. The Morgan fingerprint density at radius 1 is 1.17 bits per heavy atom. The third-order valence-corrected chi connectivity index (χ3v) is 4.58. The number of carbonyl (C=O) groups excluding carboxylic acids is 1. The summed E-state index contributed by atoms with van der Waals surface area (Å²) >= 11 is 0. The Morgan fingerprint density at radius 3 is 2.62 bits per heavy atom. The highest BCUT2D eigenvalue weighted by Crippen LogP contribution is 2.37. The van der Waals surface area contributed by atoms with Crippen LogP contribution in [0.5, 0.6) is 0 Å². The van der Waals surface area contributed by atoms with E-state index in [0.717, 1.165) is 23.1 Å². The first kappa shape index (κ1) is 16.2. The number of amides is 1. The maximum absolute atomic E-state index is 12.4. The number of aliphatic hydroxyl groups is 1. The molecule has 4 nitrogen and oxygen atoms in total. The molecule has 0 aliphatic heterocycles. The van der Waals surface area contributed by atoms with Gasteiger partial charge in [0.05, 0.1) is 12.6 Å². The highest BCUT2D eigenvalue weighted by atomic mass is 16.3. The molecule has 1 aliphatic carbocycles. The molecule has 0 bridgehead atoms. The number of nitrogens with zero attached hydrogens (tertiary/aromatic N) is 2. The Morgan fingerprint density at radius 2 is 1.88 bits per heavy atom. The molecule has 1 aliphatic rings. The predicted molar refractivity (Wildman–Crippen MR) is 90.7 cm³/mol. The molecule has 0 aromatic heterocycles. The molecular formula is C20H20N2O2. The van der Waals surface area contributed by atoms with E-state index in [0.29, 0.717) is 13.0 Å². The van der Waals surface area contributed by atoms with Gasteiger partial charge in [-0.1, -0.05) is 54.6 Å². The normalized spacial score (nSPS) is 18.7. The van der Waals surface area contributed by atoms with Gasteiger partial charge in [-0.25, -0.2) is 0 Å². The molecule has 2 aromatic carbocycles. The van der Waals surface area contributed by atoms with Crippen molar-refractivity contribution in [1.82, 2.24) is 4.90 Å². The summed E-state index contributed by atoms with van der Waals surface area (Å²) in [7, 11) is 0. The van der Waals surface area contributed by atoms with Crippen molar-refractivity contribution in [1.29, 1.82) is 5.26 Å². The summed E-state index contributed by atoms with van der Waals surface area (Å²) in [5, 5.41) is 20.0. The van der Waals surface area contributed by atoms with Crippen molar-refractivity contribution in [3.8, 4) is 6.07 Å². The highest BCUT2D eigenvalue weighted by molar-refractivity contribution is 5.78. The molecule has 122 valence electrons. The topological polar surface area (TPSA) is 64.3 Å². The summed E-state index contributed by atoms with van der Waals surface area (Å²) in [6.45, 7) is 0.602. The van der Waals surface area contributed by atoms with Crippen molar-refractivity contribution >= 4 is 5.91 Å². The number of nitriles is 1. The van der Waals surface area contributed by atoms with Crippen LogP contribution in [0.3, 0.4) is 0 Å². The van der Waals surface area contributed by atoms with E-state index in [2.05, 4.69) is 0 Å². The van der Waals surface area contributed by atoms with E-state index in [4.69, 9.17) is 5.26 Å². The minimum Gasteiger partial charge on any atom is -0.383 e. The summed E-state index contributed by atoms with van der Waals surface area (Å²) in [6, 6.07) is 19.4. The van der Waals surface area contributed by atoms with Crippen LogP contribution in [0.1, 0.15) is 29.5 Å². The van der Waals surface area contributed by atoms with Crippen LogP contribution in [-0.4, -0.2) is 22.5 Å². The van der Waals surface area contributed by atoms with Gasteiger partial charge in [0.15, 0.2) is 0 Å². The number of fused-ring (bicyclic) bond motifs is 1. The fraction of sp³-hybridized carbons (Fsp3) is 0.300. The van der Waals surface area contributed by atoms with Gasteiger partial charge in [-0.3, -0.25) is 4.79 Å². The van der Waals surface area contributed by atoms with Crippen molar-refractivity contribution in [2.75, 3.05) is 6.54 Å². The van der Waals surface area contributed by atoms with Crippen LogP contribution in [0.25, 0.3) is 0 Å². The molecule has 0 unspecified atom stereocenters. The molecule has 24 heavy (non-hydrogen) atoms. The van der Waals surface area contributed by atoms with Crippen LogP contribution < -0.4 is 0 Å². The average molecular weight is 320 g/mol. The largest absolute Gasteiger partial charge is 0.383 e. The van der Waals surface area contributed by atoms with E-state index < -0.39 is 5.60 Å². The van der Waals surface area contributed by atoms with Crippen LogP contribution in [0.15, 0.2) is 54.6 Å². The van der Waals surface area contributed by atoms with E-state index in [1.165, 1.54) is 0 Å². The fourth-order valence-electron chi connectivity index (χ4n) is 3.36. The maximum Gasteiger partial charge on any atom is 0.237 e. The zero-order valence-electron chi connectivity index (χ0n) is 13.5. The first-order chi connectivity index (χ1) is 11.6. The highest BCUT2D eigenvalue weighted by Gasteiger charge is 2.38. The molecule has 1 atom stereocenters. The third-order valence-electron chi connectivity index (χ3n) is 4.58. The molecule has 3 rings (SSSR count). The number of benzene rings is 2. The second kappa shape index (κ2) is 6.86. The first-order valence-corrected chi connectivity index (χ1v) is 8.12. The molecule has 0 saturated heterocycles. The Bertz CT molecular complexity index is 767. The smallest absolute Gasteiger partial charge is 0.237 e. The van der Waals surface area contributed by atoms with Crippen LogP contribution in [0.4, 0.5) is 0 Å². The van der Waals surface area contributed by atoms with Crippen LogP contribution >= 0.6 is 0 Å². The fourth-order valence-corrected chi connectivity index (χ4v) is 3.36. The minimum absolute atomic E-state index is 0.176. The summed E-state index contributed by atoms with van der Waals surface area (Å²) in [6.07, 6.45) is 1.22. The van der Waals surface area contributed by atoms with Crippen molar-refractivity contribution < 1.29 is 9.90 Å². The van der Waals surface area contributed by atoms with Gasteiger partial charge in [0.2, 0.25) is 5.91 Å². The summed E-state index contributed by atoms with van der Waals surface area (Å²) < 4.78 is 0. The van der Waals surface area contributed by atoms with Crippen LogP contribution in [-0.2, 0) is 23.4 Å². The molecule has 0 radical (unpaired) electrons. The minimum atomic E-state index is -1.05. The van der Waals surface area contributed by atoms with Crippen molar-refractivity contribution in [2.45, 2.75) is 31.4 Å². The Kier molecular flexibility index (Phi) is 4.64. The van der Waals surface area contributed by atoms with Crippen molar-refractivity contribution in [3.63, 3.8) is 0 Å². The molecule has 2 aromatic rings. The van der Waals surface area contributed by atoms with Gasteiger partial charge in [0, 0.05) is 6.54 Å². The van der Waals surface area contributed by atoms with Crippen molar-refractivity contribution in [3.05, 3.63) is 71.3 Å². The van der Waals surface area contributed by atoms with Gasteiger partial charge in [-0.05, 0) is 29.5 Å². The molecule has 1 amide bonds. The van der Waals surface area contributed by atoms with E-state index in [9.17, 15) is 9.90 Å². The summed E-state index contributed by atoms with van der Waals surface area (Å²) in [5.41, 5.74) is 1.97. The van der Waals surface area contributed by atoms with Gasteiger partial charge < -0.3 is 10.0 Å². The Labute approximate surface area is 142 Å². The number of hydrogen-bond donors (Lipinski definition) is 1. The number of hydrogen-bond acceptors (Lipinski definition) is 3. The van der Waals surface area contributed by atoms with E-state index >= 15 is 0 Å². The van der Waals surface area contributed by atoms with E-state index in [1.54, 1.807) is 4.90 Å². The lowest BCUT2D eigenvalue weighted by Gasteiger charge is -2.32. The quantitative estimate of drug-likeness (QED) is 0.921. The third kappa shape index (κ3) is 3.32.